The number of phenolic OH excluding ortho intramolecular Hbond substituents is 1. The summed E-state index contributed by atoms with van der Waals surface area (Å²) in [6.07, 6.45) is 1.89. The number of anilines is 2. The molecule has 13 heteroatoms. The Labute approximate surface area is 323 Å². The smallest absolute Gasteiger partial charge is 0.339 e. The monoisotopic (exact) mass is 771 g/mol. The van der Waals surface area contributed by atoms with Gasteiger partial charge in [0.05, 0.1) is 34.5 Å². The molecule has 0 aromatic heterocycles. The molecule has 0 radical (unpaired) electrons. The molecule has 2 aliphatic carbocycles. The van der Waals surface area contributed by atoms with Gasteiger partial charge in [-0.15, -0.1) is 0 Å². The number of benzene rings is 5. The van der Waals surface area contributed by atoms with Crippen LogP contribution in [0.4, 0.5) is 15.8 Å². The van der Waals surface area contributed by atoms with Gasteiger partial charge in [-0.05, 0) is 78.2 Å². The minimum atomic E-state index is -1.70. The van der Waals surface area contributed by atoms with Crippen molar-refractivity contribution in [3.63, 3.8) is 0 Å². The standard InChI is InChI=1S/C43H31ClFN3O8/c44-23-8-6-22(7-9-23)43-33(39(52)48(42(43)56)46-25-12-10-24(45)11-13-25)20-32-28(36(43)31-15-5-21-3-1-2-4-27(21)37(31)50)17-18-30-35(32)40(53)47(38(30)51)26-14-16-29(41(54)55)34(49)19-26/h1-17,19,30,32-33,35-36,46,49-50H,18,20H2,(H,54,55). The van der Waals surface area contributed by atoms with Gasteiger partial charge in [-0.25, -0.2) is 14.1 Å². The number of nitrogens with zero attached hydrogens (tertiary/aromatic N) is 2. The zero-order valence-electron chi connectivity index (χ0n) is 29.2. The molecule has 2 aliphatic heterocycles. The van der Waals surface area contributed by atoms with Gasteiger partial charge in [0.25, 0.3) is 11.8 Å². The molecule has 0 spiro atoms. The first kappa shape index (κ1) is 35.2. The van der Waals surface area contributed by atoms with Crippen LogP contribution in [0.1, 0.15) is 40.2 Å². The summed E-state index contributed by atoms with van der Waals surface area (Å²) in [7, 11) is 0. The normalized spacial score (nSPS) is 25.5. The summed E-state index contributed by atoms with van der Waals surface area (Å²) in [4.78, 5) is 71.5. The SMILES string of the molecule is O=C(O)c1ccc(N2C(=O)C3CC=C4C(CC5C(=O)N(Nc6ccc(F)cc6)C(=O)C5(c5ccc(Cl)cc5)C4c4ccc5ccccc5c4O)C3C2=O)cc1O. The summed E-state index contributed by atoms with van der Waals surface area (Å²) >= 11 is 6.37. The van der Waals surface area contributed by atoms with Crippen LogP contribution >= 0.6 is 11.6 Å². The van der Waals surface area contributed by atoms with E-state index in [1.165, 1.54) is 30.3 Å². The Bertz CT molecular complexity index is 2580. The van der Waals surface area contributed by atoms with E-state index in [0.717, 1.165) is 27.4 Å². The maximum atomic E-state index is 15.4. The number of carbonyl (C=O) groups is 5. The summed E-state index contributed by atoms with van der Waals surface area (Å²) in [5.74, 6) is -9.86. The quantitative estimate of drug-likeness (QED) is 0.106. The lowest BCUT2D eigenvalue weighted by atomic mass is 9.49. The minimum Gasteiger partial charge on any atom is -0.507 e. The number of hydrogen-bond acceptors (Lipinski definition) is 8. The summed E-state index contributed by atoms with van der Waals surface area (Å²) in [6.45, 7) is 0. The van der Waals surface area contributed by atoms with Crippen LogP contribution in [0.15, 0.2) is 115 Å². The fraction of sp³-hybridized carbons (Fsp3) is 0.186. The second-order valence-corrected chi connectivity index (χ2v) is 15.1. The highest BCUT2D eigenvalue weighted by Crippen LogP contribution is 2.65. The van der Waals surface area contributed by atoms with Gasteiger partial charge in [0.1, 0.15) is 22.9 Å². The lowest BCUT2D eigenvalue weighted by Gasteiger charge is -2.50. The van der Waals surface area contributed by atoms with Crippen molar-refractivity contribution >= 4 is 63.3 Å². The fourth-order valence-corrected chi connectivity index (χ4v) is 9.73. The Morgan fingerprint density at radius 3 is 2.29 bits per heavy atom. The Hall–Kier alpha value is -6.53. The maximum Gasteiger partial charge on any atom is 0.339 e. The Morgan fingerprint density at radius 1 is 0.839 bits per heavy atom. The minimum absolute atomic E-state index is 0.00436. The number of carboxylic acids is 1. The number of fused-ring (bicyclic) bond motifs is 5. The topological polar surface area (TPSA) is 165 Å². The molecule has 2 saturated heterocycles. The highest BCUT2D eigenvalue weighted by atomic mass is 35.5. The molecule has 1 saturated carbocycles. The number of aromatic hydroxyl groups is 2. The predicted molar refractivity (Wildman–Crippen MR) is 202 cm³/mol. The molecule has 3 fully saturated rings. The first-order valence-corrected chi connectivity index (χ1v) is 18.3. The third kappa shape index (κ3) is 4.98. The van der Waals surface area contributed by atoms with Crippen LogP contribution in [0.5, 0.6) is 11.5 Å². The summed E-state index contributed by atoms with van der Waals surface area (Å²) in [5, 5.41) is 34.6. The largest absolute Gasteiger partial charge is 0.507 e. The van der Waals surface area contributed by atoms with Gasteiger partial charge in [0.15, 0.2) is 0 Å². The number of rotatable bonds is 6. The van der Waals surface area contributed by atoms with Gasteiger partial charge in [-0.2, -0.15) is 5.01 Å². The second-order valence-electron chi connectivity index (χ2n) is 14.6. The van der Waals surface area contributed by atoms with Gasteiger partial charge in [-0.3, -0.25) is 24.6 Å². The van der Waals surface area contributed by atoms with Crippen LogP contribution in [-0.4, -0.2) is 49.9 Å². The van der Waals surface area contributed by atoms with Crippen molar-refractivity contribution < 1.29 is 43.7 Å². The van der Waals surface area contributed by atoms with E-state index in [2.05, 4.69) is 5.43 Å². The van der Waals surface area contributed by atoms with Crippen molar-refractivity contribution in [1.29, 1.82) is 0 Å². The molecule has 5 aromatic carbocycles. The molecule has 11 nitrogen and oxygen atoms in total. The van der Waals surface area contributed by atoms with Gasteiger partial charge in [-0.1, -0.05) is 71.8 Å². The van der Waals surface area contributed by atoms with E-state index in [4.69, 9.17) is 11.6 Å². The Balaban J connectivity index is 1.25. The van der Waals surface area contributed by atoms with Gasteiger partial charge >= 0.3 is 5.97 Å². The predicted octanol–water partition coefficient (Wildman–Crippen LogP) is 6.93. The zero-order chi connectivity index (χ0) is 39.2. The van der Waals surface area contributed by atoms with Crippen LogP contribution in [0.25, 0.3) is 10.8 Å². The average Bonchev–Trinajstić information content (AvgIpc) is 3.57. The van der Waals surface area contributed by atoms with E-state index in [-0.39, 0.29) is 30.0 Å². The first-order chi connectivity index (χ1) is 26.9. The molecule has 6 atom stereocenters. The molecule has 56 heavy (non-hydrogen) atoms. The molecule has 4 amide bonds. The van der Waals surface area contributed by atoms with Crippen LogP contribution in [0.2, 0.25) is 5.02 Å². The van der Waals surface area contributed by atoms with Crippen molar-refractivity contribution in [3.05, 3.63) is 142 Å². The molecule has 4 aliphatic rings. The number of allylic oxidation sites excluding steroid dienone is 2. The van der Waals surface area contributed by atoms with E-state index in [9.17, 15) is 38.9 Å². The van der Waals surface area contributed by atoms with Gasteiger partial charge in [0.2, 0.25) is 11.8 Å². The average molecular weight is 772 g/mol. The number of imide groups is 2. The number of hydrogen-bond donors (Lipinski definition) is 4. The van der Waals surface area contributed by atoms with Crippen molar-refractivity contribution in [3.8, 4) is 11.5 Å². The number of nitrogens with one attached hydrogen (secondary N) is 1. The lowest BCUT2D eigenvalue weighted by Crippen LogP contribution is -2.53. The number of carboxylic acid groups (broad SMARTS) is 1. The molecule has 4 N–H and O–H groups in total. The zero-order valence-corrected chi connectivity index (χ0v) is 30.0. The van der Waals surface area contributed by atoms with E-state index in [1.807, 2.05) is 24.3 Å². The summed E-state index contributed by atoms with van der Waals surface area (Å²) in [5.41, 5.74) is 2.44. The number of phenols is 2. The molecule has 2 heterocycles. The van der Waals surface area contributed by atoms with Gasteiger partial charge < -0.3 is 15.3 Å². The molecule has 9 rings (SSSR count). The summed E-state index contributed by atoms with van der Waals surface area (Å²) in [6, 6.07) is 25.9. The molecular weight excluding hydrogens is 741 g/mol. The van der Waals surface area contributed by atoms with Crippen molar-refractivity contribution in [1.82, 2.24) is 5.01 Å². The van der Waals surface area contributed by atoms with Crippen molar-refractivity contribution in [2.24, 2.45) is 23.7 Å². The Morgan fingerprint density at radius 2 is 1.57 bits per heavy atom. The maximum absolute atomic E-state index is 15.4. The number of hydrazine groups is 1. The van der Waals surface area contributed by atoms with E-state index < -0.39 is 81.7 Å². The molecular formula is C43H31ClFN3O8. The molecule has 6 unspecified atom stereocenters. The Kier molecular flexibility index (Phi) is 8.03. The molecule has 5 aromatic rings. The lowest BCUT2D eigenvalue weighted by molar-refractivity contribution is -0.138. The number of amides is 4. The number of carbonyl (C=O) groups excluding carboxylic acids is 4. The second kappa shape index (κ2) is 12.8. The van der Waals surface area contributed by atoms with Crippen molar-refractivity contribution in [2.45, 2.75) is 24.2 Å². The van der Waals surface area contributed by atoms with Crippen LogP contribution in [-0.2, 0) is 24.6 Å². The van der Waals surface area contributed by atoms with Crippen LogP contribution < -0.4 is 10.3 Å². The van der Waals surface area contributed by atoms with E-state index >= 15 is 4.79 Å². The van der Waals surface area contributed by atoms with E-state index in [0.29, 0.717) is 27.1 Å². The number of aromatic carboxylic acids is 1. The highest BCUT2D eigenvalue weighted by Gasteiger charge is 2.70. The first-order valence-electron chi connectivity index (χ1n) is 17.9. The number of halogens is 2. The van der Waals surface area contributed by atoms with Crippen LogP contribution in [0, 0.1) is 29.5 Å². The third-order valence-corrected chi connectivity index (χ3v) is 12.2. The fourth-order valence-electron chi connectivity index (χ4n) is 9.60. The highest BCUT2D eigenvalue weighted by molar-refractivity contribution is 6.30. The third-order valence-electron chi connectivity index (χ3n) is 12.0. The van der Waals surface area contributed by atoms with E-state index in [1.54, 1.807) is 42.5 Å². The van der Waals surface area contributed by atoms with Crippen molar-refractivity contribution in [2.75, 3.05) is 10.3 Å². The molecule has 280 valence electrons. The molecule has 0 bridgehead atoms. The summed E-state index contributed by atoms with van der Waals surface area (Å²) < 4.78 is 13.9. The van der Waals surface area contributed by atoms with Crippen LogP contribution in [0.3, 0.4) is 0 Å². The van der Waals surface area contributed by atoms with Gasteiger partial charge in [0, 0.05) is 28.0 Å².